The summed E-state index contributed by atoms with van der Waals surface area (Å²) in [6.07, 6.45) is -0.398. The van der Waals surface area contributed by atoms with Gasteiger partial charge in [0.05, 0.1) is 32.5 Å². The fraction of sp³-hybridized carbons (Fsp3) is 0.304. The van der Waals surface area contributed by atoms with Gasteiger partial charge in [0.2, 0.25) is 5.91 Å². The molecule has 1 aliphatic rings. The Labute approximate surface area is 203 Å². The number of nitro groups is 2. The Kier molecular flexibility index (Phi) is 6.60. The zero-order chi connectivity index (χ0) is 27.0. The van der Waals surface area contributed by atoms with Crippen LogP contribution in [-0.4, -0.2) is 43.7 Å². The number of aliphatic carboxylic acids is 2. The molecule has 1 saturated carbocycles. The third-order valence-corrected chi connectivity index (χ3v) is 6.78. The molecule has 0 bridgehead atoms. The predicted octanol–water partition coefficient (Wildman–Crippen LogP) is 2.68. The van der Waals surface area contributed by atoms with E-state index in [0.29, 0.717) is 5.56 Å². The van der Waals surface area contributed by atoms with Gasteiger partial charge in [0.1, 0.15) is 5.78 Å². The maximum absolute atomic E-state index is 13.2. The molecule has 188 valence electrons. The van der Waals surface area contributed by atoms with Crippen molar-refractivity contribution >= 4 is 40.7 Å². The van der Waals surface area contributed by atoms with Crippen LogP contribution in [0.25, 0.3) is 0 Å². The first-order valence-corrected chi connectivity index (χ1v) is 10.5. The number of nitro benzene ring substituents is 2. The number of non-ortho nitro benzene ring substituents is 2. The molecule has 3 N–H and O–H groups in total. The number of Topliss-reactive ketones (excluding diaryl/α,β-unsaturated/α-hetero) is 1. The van der Waals surface area contributed by atoms with Crippen LogP contribution in [0.2, 0.25) is 0 Å². The molecule has 2 atom stereocenters. The van der Waals surface area contributed by atoms with Crippen LogP contribution in [0.4, 0.5) is 17.1 Å². The molecule has 2 unspecified atom stereocenters. The topological polar surface area (TPSA) is 207 Å². The summed E-state index contributed by atoms with van der Waals surface area (Å²) in [4.78, 5) is 71.4. The van der Waals surface area contributed by atoms with E-state index in [9.17, 15) is 49.6 Å². The minimum Gasteiger partial charge on any atom is -0.481 e. The number of nitrogens with one attached hydrogen (secondary N) is 1. The lowest BCUT2D eigenvalue weighted by molar-refractivity contribution is -0.385. The van der Waals surface area contributed by atoms with E-state index in [0.717, 1.165) is 38.1 Å². The van der Waals surface area contributed by atoms with E-state index in [2.05, 4.69) is 5.32 Å². The van der Waals surface area contributed by atoms with Crippen molar-refractivity contribution in [3.8, 4) is 0 Å². The molecule has 0 aromatic heterocycles. The van der Waals surface area contributed by atoms with Crippen LogP contribution >= 0.6 is 0 Å². The van der Waals surface area contributed by atoms with Crippen LogP contribution in [0.3, 0.4) is 0 Å². The van der Waals surface area contributed by atoms with Crippen molar-refractivity contribution < 1.29 is 39.2 Å². The fourth-order valence-electron chi connectivity index (χ4n) is 5.11. The van der Waals surface area contributed by atoms with Gasteiger partial charge in [-0.3, -0.25) is 39.4 Å². The zero-order valence-electron chi connectivity index (χ0n) is 19.0. The lowest BCUT2D eigenvalue weighted by Crippen LogP contribution is -2.73. The number of nitrogens with zero attached hydrogens (tertiary/aromatic N) is 2. The number of carbonyl (C=O) groups excluding carboxylic acids is 2. The molecule has 13 nitrogen and oxygen atoms in total. The van der Waals surface area contributed by atoms with Crippen molar-refractivity contribution in [1.29, 1.82) is 0 Å². The fourth-order valence-corrected chi connectivity index (χ4v) is 5.11. The molecular weight excluding hydrogens is 478 g/mol. The molecule has 2 aromatic carbocycles. The van der Waals surface area contributed by atoms with E-state index in [1.165, 1.54) is 24.3 Å². The molecule has 2 aromatic rings. The smallest absolute Gasteiger partial charge is 0.310 e. The van der Waals surface area contributed by atoms with E-state index >= 15 is 0 Å². The number of anilines is 1. The molecule has 0 heterocycles. The summed E-state index contributed by atoms with van der Waals surface area (Å²) in [5.41, 5.74) is -4.26. The minimum absolute atomic E-state index is 0.0757. The maximum Gasteiger partial charge on any atom is 0.310 e. The van der Waals surface area contributed by atoms with Crippen LogP contribution < -0.4 is 5.32 Å². The maximum atomic E-state index is 13.2. The van der Waals surface area contributed by atoms with E-state index in [1.807, 2.05) is 0 Å². The summed E-state index contributed by atoms with van der Waals surface area (Å²) in [7, 11) is 0. The van der Waals surface area contributed by atoms with Crippen molar-refractivity contribution in [3.05, 3.63) is 74.3 Å². The van der Waals surface area contributed by atoms with E-state index in [4.69, 9.17) is 0 Å². The number of carboxylic acid groups (broad SMARTS) is 2. The highest BCUT2D eigenvalue weighted by atomic mass is 16.6. The normalized spacial score (nSPS) is 24.7. The highest BCUT2D eigenvalue weighted by Crippen LogP contribution is 2.65. The SMILES string of the molecule is CC1(C(=O)O)C(C(=O)Cc2ccc([N+](=O)[O-])cc2)C(C)(C(=O)O)C1C(=O)Nc1ccc([N+](=O)[O-])cc1. The summed E-state index contributed by atoms with van der Waals surface area (Å²) >= 11 is 0. The second-order valence-electron chi connectivity index (χ2n) is 8.90. The first kappa shape index (κ1) is 25.9. The third kappa shape index (κ3) is 4.15. The second kappa shape index (κ2) is 9.17. The Bertz CT molecular complexity index is 1160. The summed E-state index contributed by atoms with van der Waals surface area (Å²) in [6, 6.07) is 9.59. The summed E-state index contributed by atoms with van der Waals surface area (Å²) < 4.78 is 0. The van der Waals surface area contributed by atoms with Crippen molar-refractivity contribution in [2.45, 2.75) is 20.3 Å². The van der Waals surface area contributed by atoms with Crippen LogP contribution in [0.1, 0.15) is 19.4 Å². The van der Waals surface area contributed by atoms with Crippen molar-refractivity contribution in [3.63, 3.8) is 0 Å². The van der Waals surface area contributed by atoms with Gasteiger partial charge >= 0.3 is 11.9 Å². The van der Waals surface area contributed by atoms with Crippen molar-refractivity contribution in [2.75, 3.05) is 5.32 Å². The molecular formula is C23H21N3O10. The van der Waals surface area contributed by atoms with E-state index in [1.54, 1.807) is 0 Å². The molecule has 36 heavy (non-hydrogen) atoms. The number of hydrogen-bond donors (Lipinski definition) is 3. The molecule has 0 radical (unpaired) electrons. The van der Waals surface area contributed by atoms with Crippen LogP contribution in [0.5, 0.6) is 0 Å². The first-order chi connectivity index (χ1) is 16.7. The molecule has 3 rings (SSSR count). The standard InChI is InChI=1S/C23H21N3O10/c1-22(20(29)30)17(16(27)11-12-3-7-14(8-4-12)25(33)34)23(2,21(31)32)18(22)19(28)24-13-5-9-15(10-6-13)26(35)36/h3-10,17-18H,11H2,1-2H3,(H,24,28)(H,29,30)(H,31,32). The van der Waals surface area contributed by atoms with Gasteiger partial charge in [-0.1, -0.05) is 12.1 Å². The van der Waals surface area contributed by atoms with Crippen molar-refractivity contribution in [1.82, 2.24) is 0 Å². The Balaban J connectivity index is 1.93. The highest BCUT2D eigenvalue weighted by molar-refractivity contribution is 6.07. The summed E-state index contributed by atoms with van der Waals surface area (Å²) in [5.74, 6) is -8.08. The Morgan fingerprint density at radius 2 is 1.22 bits per heavy atom. The number of carbonyl (C=O) groups is 4. The van der Waals surface area contributed by atoms with Crippen molar-refractivity contribution in [2.24, 2.45) is 22.7 Å². The van der Waals surface area contributed by atoms with E-state index < -0.39 is 62.6 Å². The van der Waals surface area contributed by atoms with E-state index in [-0.39, 0.29) is 17.1 Å². The first-order valence-electron chi connectivity index (χ1n) is 10.5. The Morgan fingerprint density at radius 3 is 1.61 bits per heavy atom. The second-order valence-corrected chi connectivity index (χ2v) is 8.90. The van der Waals surface area contributed by atoms with Gasteiger partial charge in [0, 0.05) is 36.4 Å². The number of hydrogen-bond acceptors (Lipinski definition) is 8. The molecule has 1 amide bonds. The van der Waals surface area contributed by atoms with Crippen LogP contribution in [0, 0.1) is 42.9 Å². The highest BCUT2D eigenvalue weighted by Gasteiger charge is 2.77. The van der Waals surface area contributed by atoms with Gasteiger partial charge in [-0.05, 0) is 31.5 Å². The quantitative estimate of drug-likeness (QED) is 0.339. The van der Waals surface area contributed by atoms with Gasteiger partial charge in [0.25, 0.3) is 11.4 Å². The molecule has 1 fully saturated rings. The monoisotopic (exact) mass is 499 g/mol. The van der Waals surface area contributed by atoms with Gasteiger partial charge in [-0.15, -0.1) is 0 Å². The summed E-state index contributed by atoms with van der Waals surface area (Å²) in [6.45, 7) is 2.25. The number of carboxylic acids is 2. The number of benzene rings is 2. The summed E-state index contributed by atoms with van der Waals surface area (Å²) in [5, 5.41) is 44.0. The Morgan fingerprint density at radius 1 is 0.806 bits per heavy atom. The number of ketones is 1. The van der Waals surface area contributed by atoms with Crippen LogP contribution in [0.15, 0.2) is 48.5 Å². The van der Waals surface area contributed by atoms with Crippen LogP contribution in [-0.2, 0) is 25.6 Å². The van der Waals surface area contributed by atoms with Gasteiger partial charge in [0.15, 0.2) is 0 Å². The number of amides is 1. The average molecular weight is 499 g/mol. The zero-order valence-corrected chi connectivity index (χ0v) is 19.0. The lowest BCUT2D eigenvalue weighted by Gasteiger charge is -2.60. The average Bonchev–Trinajstić information content (AvgIpc) is 2.79. The molecule has 0 aliphatic heterocycles. The number of rotatable bonds is 9. The predicted molar refractivity (Wildman–Crippen MR) is 122 cm³/mol. The van der Waals surface area contributed by atoms with Gasteiger partial charge in [-0.2, -0.15) is 0 Å². The molecule has 1 aliphatic carbocycles. The Hall–Kier alpha value is -4.68. The molecule has 0 saturated heterocycles. The van der Waals surface area contributed by atoms with Gasteiger partial charge < -0.3 is 15.5 Å². The third-order valence-electron chi connectivity index (χ3n) is 6.78. The largest absolute Gasteiger partial charge is 0.481 e. The molecule has 0 spiro atoms. The minimum atomic E-state index is -2.09. The lowest BCUT2D eigenvalue weighted by atomic mass is 9.38. The molecule has 13 heteroatoms. The van der Waals surface area contributed by atoms with Gasteiger partial charge in [-0.25, -0.2) is 0 Å².